The quantitative estimate of drug-likeness (QED) is 0.481. The molecule has 0 bridgehead atoms. The van der Waals surface area contributed by atoms with Crippen molar-refractivity contribution in [2.45, 2.75) is 45.6 Å². The van der Waals surface area contributed by atoms with E-state index in [0.717, 1.165) is 45.3 Å². The van der Waals surface area contributed by atoms with Gasteiger partial charge < -0.3 is 4.90 Å². The number of hydrazine groups is 1. The van der Waals surface area contributed by atoms with Crippen LogP contribution in [0.3, 0.4) is 0 Å². The molecule has 0 radical (unpaired) electrons. The van der Waals surface area contributed by atoms with Crippen LogP contribution < -0.4 is 11.3 Å². The van der Waals surface area contributed by atoms with Crippen molar-refractivity contribution in [2.75, 3.05) is 39.0 Å². The molecular formula is C14H32N4O2S. The molecule has 1 aliphatic heterocycles. The second-order valence-electron chi connectivity index (χ2n) is 6.04. The van der Waals surface area contributed by atoms with E-state index >= 15 is 0 Å². The molecule has 0 spiro atoms. The van der Waals surface area contributed by atoms with Crippen molar-refractivity contribution < 1.29 is 8.42 Å². The highest BCUT2D eigenvalue weighted by Gasteiger charge is 2.27. The molecule has 7 heteroatoms. The fourth-order valence-corrected chi connectivity index (χ4v) is 4.01. The summed E-state index contributed by atoms with van der Waals surface area (Å²) in [4.78, 5) is 2.38. The summed E-state index contributed by atoms with van der Waals surface area (Å²) in [5.41, 5.74) is 2.91. The van der Waals surface area contributed by atoms with E-state index in [1.807, 2.05) is 0 Å². The summed E-state index contributed by atoms with van der Waals surface area (Å²) in [7, 11) is -3.06. The Hall–Kier alpha value is -0.210. The third kappa shape index (κ3) is 6.61. The minimum atomic E-state index is -3.06. The lowest BCUT2D eigenvalue weighted by molar-refractivity contribution is 0.221. The van der Waals surface area contributed by atoms with Crippen LogP contribution in [-0.4, -0.2) is 62.6 Å². The second-order valence-corrected chi connectivity index (χ2v) is 8.03. The van der Waals surface area contributed by atoms with Crippen molar-refractivity contribution in [3.05, 3.63) is 0 Å². The van der Waals surface area contributed by atoms with Crippen molar-refractivity contribution in [3.8, 4) is 0 Å². The predicted molar refractivity (Wildman–Crippen MR) is 87.3 cm³/mol. The molecule has 0 amide bonds. The maximum atomic E-state index is 11.7. The first-order valence-corrected chi connectivity index (χ1v) is 9.89. The van der Waals surface area contributed by atoms with E-state index in [2.05, 4.69) is 24.2 Å². The van der Waals surface area contributed by atoms with Gasteiger partial charge in [0.1, 0.15) is 0 Å². The van der Waals surface area contributed by atoms with Gasteiger partial charge in [0.2, 0.25) is 10.0 Å². The molecule has 0 aromatic rings. The molecule has 0 aliphatic carbocycles. The number of nitrogens with zero attached hydrogens (tertiary/aromatic N) is 2. The lowest BCUT2D eigenvalue weighted by atomic mass is 9.91. The summed E-state index contributed by atoms with van der Waals surface area (Å²) in [6, 6.07) is 0.259. The van der Waals surface area contributed by atoms with Crippen LogP contribution in [0.25, 0.3) is 0 Å². The molecule has 2 unspecified atom stereocenters. The standard InChI is InChI=1S/C14H32N4O2S/c1-4-17(5-2)10-8-14(16-15)11-13-7-6-9-18(12-13)21(3,19)20/h13-14,16H,4-12,15H2,1-3H3. The van der Waals surface area contributed by atoms with Crippen molar-refractivity contribution in [1.82, 2.24) is 14.6 Å². The third-order valence-electron chi connectivity index (χ3n) is 4.49. The van der Waals surface area contributed by atoms with Crippen LogP contribution in [0.1, 0.15) is 39.5 Å². The molecule has 1 aliphatic rings. The van der Waals surface area contributed by atoms with Gasteiger partial charge in [-0.3, -0.25) is 11.3 Å². The van der Waals surface area contributed by atoms with E-state index < -0.39 is 10.0 Å². The molecule has 3 N–H and O–H groups in total. The smallest absolute Gasteiger partial charge is 0.211 e. The van der Waals surface area contributed by atoms with E-state index in [4.69, 9.17) is 5.84 Å². The highest BCUT2D eigenvalue weighted by Crippen LogP contribution is 2.23. The van der Waals surface area contributed by atoms with Crippen molar-refractivity contribution in [1.29, 1.82) is 0 Å². The number of nitrogens with one attached hydrogen (secondary N) is 1. The van der Waals surface area contributed by atoms with Gasteiger partial charge in [-0.2, -0.15) is 0 Å². The number of sulfonamides is 1. The molecule has 6 nitrogen and oxygen atoms in total. The van der Waals surface area contributed by atoms with Crippen LogP contribution in [0.2, 0.25) is 0 Å². The molecule has 1 fully saturated rings. The summed E-state index contributed by atoms with van der Waals surface area (Å²) >= 11 is 0. The molecule has 0 saturated carbocycles. The molecule has 0 aromatic carbocycles. The van der Waals surface area contributed by atoms with Crippen LogP contribution >= 0.6 is 0 Å². The summed E-state index contributed by atoms with van der Waals surface area (Å²) in [6.07, 6.45) is 5.30. The van der Waals surface area contributed by atoms with Gasteiger partial charge in [0.25, 0.3) is 0 Å². The van der Waals surface area contributed by atoms with Gasteiger partial charge >= 0.3 is 0 Å². The van der Waals surface area contributed by atoms with Gasteiger partial charge in [-0.15, -0.1) is 0 Å². The summed E-state index contributed by atoms with van der Waals surface area (Å²) < 4.78 is 24.9. The normalized spacial score (nSPS) is 22.6. The van der Waals surface area contributed by atoms with Crippen LogP contribution in [0, 0.1) is 5.92 Å². The number of rotatable bonds is 9. The van der Waals surface area contributed by atoms with E-state index in [1.165, 1.54) is 6.26 Å². The third-order valence-corrected chi connectivity index (χ3v) is 5.76. The van der Waals surface area contributed by atoms with E-state index in [-0.39, 0.29) is 6.04 Å². The largest absolute Gasteiger partial charge is 0.304 e. The molecule has 1 rings (SSSR count). The van der Waals surface area contributed by atoms with Gasteiger partial charge in [-0.1, -0.05) is 13.8 Å². The van der Waals surface area contributed by atoms with Gasteiger partial charge in [0.05, 0.1) is 6.26 Å². The molecule has 0 aromatic heterocycles. The molecule has 1 saturated heterocycles. The number of piperidine rings is 1. The maximum absolute atomic E-state index is 11.7. The van der Waals surface area contributed by atoms with E-state index in [0.29, 0.717) is 19.0 Å². The van der Waals surface area contributed by atoms with E-state index in [1.54, 1.807) is 4.31 Å². The Morgan fingerprint density at radius 2 is 2.05 bits per heavy atom. The molecule has 126 valence electrons. The van der Waals surface area contributed by atoms with Crippen LogP contribution in [0.4, 0.5) is 0 Å². The number of nitrogens with two attached hydrogens (primary N) is 1. The average molecular weight is 321 g/mol. The maximum Gasteiger partial charge on any atom is 0.211 e. The van der Waals surface area contributed by atoms with Crippen LogP contribution in [-0.2, 0) is 10.0 Å². The average Bonchev–Trinajstić information content (AvgIpc) is 2.46. The van der Waals surface area contributed by atoms with Gasteiger partial charge in [-0.25, -0.2) is 12.7 Å². The lowest BCUT2D eigenvalue weighted by Crippen LogP contribution is -2.44. The summed E-state index contributed by atoms with van der Waals surface area (Å²) in [6.45, 7) is 8.78. The van der Waals surface area contributed by atoms with Crippen molar-refractivity contribution >= 4 is 10.0 Å². The zero-order chi connectivity index (χ0) is 15.9. The fraction of sp³-hybridized carbons (Fsp3) is 1.00. The Balaban J connectivity index is 2.45. The Bertz CT molecular complexity index is 384. The summed E-state index contributed by atoms with van der Waals surface area (Å²) in [5, 5.41) is 0. The van der Waals surface area contributed by atoms with Crippen molar-refractivity contribution in [3.63, 3.8) is 0 Å². The Labute approximate surface area is 130 Å². The van der Waals surface area contributed by atoms with Gasteiger partial charge in [0, 0.05) is 19.1 Å². The fourth-order valence-electron chi connectivity index (χ4n) is 3.07. The van der Waals surface area contributed by atoms with Gasteiger partial charge in [0.15, 0.2) is 0 Å². The first kappa shape index (κ1) is 18.8. The second kappa shape index (κ2) is 9.05. The lowest BCUT2D eigenvalue weighted by Gasteiger charge is -2.33. The SMILES string of the molecule is CCN(CC)CCC(CC1CCCN(S(C)(=O)=O)C1)NN. The zero-order valence-electron chi connectivity index (χ0n) is 13.7. The highest BCUT2D eigenvalue weighted by atomic mass is 32.2. The molecule has 21 heavy (non-hydrogen) atoms. The number of hydrogen-bond donors (Lipinski definition) is 2. The first-order valence-electron chi connectivity index (χ1n) is 8.04. The monoisotopic (exact) mass is 320 g/mol. The molecular weight excluding hydrogens is 288 g/mol. The van der Waals surface area contributed by atoms with Crippen LogP contribution in [0.5, 0.6) is 0 Å². The van der Waals surface area contributed by atoms with Crippen molar-refractivity contribution in [2.24, 2.45) is 11.8 Å². The molecule has 1 heterocycles. The highest BCUT2D eigenvalue weighted by molar-refractivity contribution is 7.88. The molecule has 2 atom stereocenters. The predicted octanol–water partition coefficient (Wildman–Crippen LogP) is 0.612. The topological polar surface area (TPSA) is 78.7 Å². The number of hydrogen-bond acceptors (Lipinski definition) is 5. The first-order chi connectivity index (χ1) is 9.90. The minimum Gasteiger partial charge on any atom is -0.304 e. The Kier molecular flexibility index (Phi) is 8.12. The Morgan fingerprint density at radius 1 is 1.38 bits per heavy atom. The van der Waals surface area contributed by atoms with Gasteiger partial charge in [-0.05, 0) is 51.2 Å². The van der Waals surface area contributed by atoms with E-state index in [9.17, 15) is 8.42 Å². The zero-order valence-corrected chi connectivity index (χ0v) is 14.5. The minimum absolute atomic E-state index is 0.259. The Morgan fingerprint density at radius 3 is 2.57 bits per heavy atom. The van der Waals surface area contributed by atoms with Crippen LogP contribution in [0.15, 0.2) is 0 Å². The summed E-state index contributed by atoms with van der Waals surface area (Å²) in [5.74, 6) is 6.09.